The Morgan fingerprint density at radius 3 is 1.05 bits per heavy atom. The second kappa shape index (κ2) is 10.5. The van der Waals surface area contributed by atoms with Gasteiger partial charge in [-0.15, -0.1) is 20.4 Å². The zero-order valence-corrected chi connectivity index (χ0v) is 20.2. The van der Waals surface area contributed by atoms with Crippen molar-refractivity contribution < 1.29 is 8.83 Å². The fourth-order valence-corrected chi connectivity index (χ4v) is 3.51. The molecule has 6 aromatic rings. The molecule has 0 amide bonds. The lowest BCUT2D eigenvalue weighted by Gasteiger charge is -1.97. The maximum Gasteiger partial charge on any atom is 0.248 e. The van der Waals surface area contributed by atoms with E-state index in [1.54, 1.807) is 48.5 Å². The number of hydrogen-bond donors (Lipinski definition) is 4. The normalized spacial score (nSPS) is 10.5. The van der Waals surface area contributed by atoms with E-state index in [0.717, 1.165) is 22.3 Å². The van der Waals surface area contributed by atoms with E-state index in [2.05, 4.69) is 20.4 Å². The third-order valence-electron chi connectivity index (χ3n) is 5.43. The standard InChI is InChI=1S/2C14H12N4O/c15-11-5-1-9(2-6-11)13-17-18-14(19-13)10-3-7-12(16)8-4-10;15-11-5-1-3-9(7-11)13-17-18-14(19-13)10-4-2-6-12(16)8-10/h2*1-8H,15-16H2. The van der Waals surface area contributed by atoms with Crippen LogP contribution in [0.1, 0.15) is 0 Å². The first kappa shape index (κ1) is 24.1. The average Bonchev–Trinajstić information content (AvgIpc) is 3.61. The van der Waals surface area contributed by atoms with Gasteiger partial charge < -0.3 is 31.8 Å². The first-order valence-corrected chi connectivity index (χ1v) is 11.6. The maximum atomic E-state index is 5.73. The van der Waals surface area contributed by atoms with Crippen molar-refractivity contribution in [2.75, 3.05) is 22.9 Å². The van der Waals surface area contributed by atoms with E-state index in [9.17, 15) is 0 Å². The molecule has 0 atom stereocenters. The van der Waals surface area contributed by atoms with Crippen LogP contribution in [0.2, 0.25) is 0 Å². The quantitative estimate of drug-likeness (QED) is 0.235. The Balaban J connectivity index is 0.000000155. The van der Waals surface area contributed by atoms with E-state index in [4.69, 9.17) is 31.8 Å². The first-order chi connectivity index (χ1) is 18.4. The highest BCUT2D eigenvalue weighted by atomic mass is 16.4. The van der Waals surface area contributed by atoms with Gasteiger partial charge in [0, 0.05) is 45.0 Å². The summed E-state index contributed by atoms with van der Waals surface area (Å²) < 4.78 is 11.3. The number of nitrogen functional groups attached to an aromatic ring is 4. The summed E-state index contributed by atoms with van der Waals surface area (Å²) in [5.74, 6) is 1.80. The lowest BCUT2D eigenvalue weighted by atomic mass is 10.2. The Labute approximate surface area is 217 Å². The summed E-state index contributed by atoms with van der Waals surface area (Å²) in [6.07, 6.45) is 0. The smallest absolute Gasteiger partial charge is 0.248 e. The predicted octanol–water partition coefficient (Wildman–Crippen LogP) is 5.14. The summed E-state index contributed by atoms with van der Waals surface area (Å²) in [6.45, 7) is 0. The number of rotatable bonds is 4. The van der Waals surface area contributed by atoms with Gasteiger partial charge in [0.25, 0.3) is 0 Å². The molecule has 38 heavy (non-hydrogen) atoms. The molecule has 10 nitrogen and oxygen atoms in total. The molecule has 6 rings (SSSR count). The van der Waals surface area contributed by atoms with Crippen molar-refractivity contribution >= 4 is 22.7 Å². The van der Waals surface area contributed by atoms with Gasteiger partial charge >= 0.3 is 0 Å². The Morgan fingerprint density at radius 2 is 0.711 bits per heavy atom. The van der Waals surface area contributed by atoms with Crippen LogP contribution >= 0.6 is 0 Å². The molecule has 0 fully saturated rings. The predicted molar refractivity (Wildman–Crippen MR) is 148 cm³/mol. The number of benzene rings is 4. The molecular weight excluding hydrogens is 480 g/mol. The van der Waals surface area contributed by atoms with E-state index < -0.39 is 0 Å². The van der Waals surface area contributed by atoms with Gasteiger partial charge in [-0.3, -0.25) is 0 Å². The van der Waals surface area contributed by atoms with Crippen LogP contribution in [0.15, 0.2) is 106 Å². The number of aromatic nitrogens is 4. The van der Waals surface area contributed by atoms with Crippen LogP contribution < -0.4 is 22.9 Å². The van der Waals surface area contributed by atoms with Crippen LogP contribution in [0, 0.1) is 0 Å². The van der Waals surface area contributed by atoms with Crippen molar-refractivity contribution in [1.82, 2.24) is 20.4 Å². The minimum Gasteiger partial charge on any atom is -0.416 e. The molecule has 4 aromatic carbocycles. The topological polar surface area (TPSA) is 182 Å². The van der Waals surface area contributed by atoms with Gasteiger partial charge in [-0.1, -0.05) is 12.1 Å². The largest absolute Gasteiger partial charge is 0.416 e. The van der Waals surface area contributed by atoms with Crippen molar-refractivity contribution in [3.8, 4) is 45.8 Å². The van der Waals surface area contributed by atoms with E-state index in [-0.39, 0.29) is 0 Å². The van der Waals surface area contributed by atoms with E-state index in [1.807, 2.05) is 48.5 Å². The highest BCUT2D eigenvalue weighted by molar-refractivity contribution is 5.64. The molecule has 188 valence electrons. The fourth-order valence-electron chi connectivity index (χ4n) is 3.51. The molecule has 0 unspecified atom stereocenters. The third kappa shape index (κ3) is 5.60. The third-order valence-corrected chi connectivity index (χ3v) is 5.43. The molecule has 2 heterocycles. The molecule has 10 heteroatoms. The van der Waals surface area contributed by atoms with Crippen LogP contribution in [0.4, 0.5) is 22.7 Å². The highest BCUT2D eigenvalue weighted by Gasteiger charge is 2.11. The van der Waals surface area contributed by atoms with Gasteiger partial charge in [0.1, 0.15) is 0 Å². The molecule has 0 aliphatic rings. The van der Waals surface area contributed by atoms with Gasteiger partial charge in [-0.25, -0.2) is 0 Å². The number of anilines is 4. The van der Waals surface area contributed by atoms with Crippen LogP contribution in [-0.4, -0.2) is 20.4 Å². The van der Waals surface area contributed by atoms with E-state index in [1.165, 1.54) is 0 Å². The monoisotopic (exact) mass is 504 g/mol. The van der Waals surface area contributed by atoms with Gasteiger partial charge in [-0.05, 0) is 84.9 Å². The molecule has 0 saturated carbocycles. The van der Waals surface area contributed by atoms with Gasteiger partial charge in [0.2, 0.25) is 23.6 Å². The molecule has 2 aromatic heterocycles. The summed E-state index contributed by atoms with van der Waals surface area (Å²) in [6, 6.07) is 29.2. The molecule has 0 spiro atoms. The summed E-state index contributed by atoms with van der Waals surface area (Å²) in [5.41, 5.74) is 28.7. The minimum absolute atomic E-state index is 0.435. The lowest BCUT2D eigenvalue weighted by molar-refractivity contribution is 0.584. The van der Waals surface area contributed by atoms with Crippen molar-refractivity contribution in [1.29, 1.82) is 0 Å². The van der Waals surface area contributed by atoms with E-state index in [0.29, 0.717) is 46.3 Å². The highest BCUT2D eigenvalue weighted by Crippen LogP contribution is 2.26. The molecule has 0 radical (unpaired) electrons. The van der Waals surface area contributed by atoms with Crippen LogP contribution in [-0.2, 0) is 0 Å². The maximum absolute atomic E-state index is 5.73. The first-order valence-electron chi connectivity index (χ1n) is 11.6. The Hall–Kier alpha value is -5.64. The Kier molecular flexibility index (Phi) is 6.68. The van der Waals surface area contributed by atoms with Crippen molar-refractivity contribution in [3.63, 3.8) is 0 Å². The summed E-state index contributed by atoms with van der Waals surface area (Å²) in [7, 11) is 0. The average molecular weight is 505 g/mol. The lowest BCUT2D eigenvalue weighted by Crippen LogP contribution is -1.84. The summed E-state index contributed by atoms with van der Waals surface area (Å²) in [5, 5.41) is 16.1. The second-order valence-electron chi connectivity index (χ2n) is 8.32. The fraction of sp³-hybridized carbons (Fsp3) is 0. The van der Waals surface area contributed by atoms with E-state index >= 15 is 0 Å². The molecule has 0 aliphatic heterocycles. The Morgan fingerprint density at radius 1 is 0.368 bits per heavy atom. The van der Waals surface area contributed by atoms with Crippen molar-refractivity contribution in [2.45, 2.75) is 0 Å². The van der Waals surface area contributed by atoms with Crippen molar-refractivity contribution in [2.24, 2.45) is 0 Å². The number of hydrogen-bond acceptors (Lipinski definition) is 10. The molecule has 8 N–H and O–H groups in total. The second-order valence-corrected chi connectivity index (χ2v) is 8.32. The van der Waals surface area contributed by atoms with Crippen LogP contribution in [0.3, 0.4) is 0 Å². The van der Waals surface area contributed by atoms with Crippen molar-refractivity contribution in [3.05, 3.63) is 97.1 Å². The molecule has 0 aliphatic carbocycles. The molecular formula is C28H24N8O2. The molecule has 0 saturated heterocycles. The zero-order chi connectivity index (χ0) is 26.5. The number of nitrogens with zero attached hydrogens (tertiary/aromatic N) is 4. The van der Waals surface area contributed by atoms with Crippen LogP contribution in [0.5, 0.6) is 0 Å². The SMILES string of the molecule is Nc1ccc(-c2nnc(-c3ccc(N)cc3)o2)cc1.Nc1cccc(-c2nnc(-c3cccc(N)c3)o2)c1. The number of nitrogens with two attached hydrogens (primary N) is 4. The minimum atomic E-state index is 0.435. The zero-order valence-electron chi connectivity index (χ0n) is 20.2. The summed E-state index contributed by atoms with van der Waals surface area (Å²) in [4.78, 5) is 0. The molecule has 0 bridgehead atoms. The Bertz CT molecular complexity index is 1540. The van der Waals surface area contributed by atoms with Gasteiger partial charge in [-0.2, -0.15) is 0 Å². The van der Waals surface area contributed by atoms with Crippen LogP contribution in [0.25, 0.3) is 45.8 Å². The summed E-state index contributed by atoms with van der Waals surface area (Å²) >= 11 is 0. The van der Waals surface area contributed by atoms with Gasteiger partial charge in [0.15, 0.2) is 0 Å². The van der Waals surface area contributed by atoms with Gasteiger partial charge in [0.05, 0.1) is 0 Å².